The Morgan fingerprint density at radius 2 is 1.42 bits per heavy atom. The van der Waals surface area contributed by atoms with Crippen LogP contribution in [0.3, 0.4) is 0 Å². The van der Waals surface area contributed by atoms with Crippen molar-refractivity contribution in [3.8, 4) is 0 Å². The van der Waals surface area contributed by atoms with Crippen LogP contribution in [-0.2, 0) is 4.74 Å². The predicted octanol–water partition coefficient (Wildman–Crippen LogP) is 3.62. The molecule has 0 aliphatic carbocycles. The van der Waals surface area contributed by atoms with Gasteiger partial charge in [0, 0.05) is 13.2 Å². The minimum absolute atomic E-state index is 0.316. The van der Waals surface area contributed by atoms with E-state index in [1.54, 1.807) is 0 Å². The van der Waals surface area contributed by atoms with Gasteiger partial charge in [0.1, 0.15) is 5.60 Å². The van der Waals surface area contributed by atoms with Crippen LogP contribution in [0.4, 0.5) is 4.79 Å². The second-order valence-corrected chi connectivity index (χ2v) is 5.98. The number of aliphatic hydroxyl groups excluding tert-OH is 1. The smallest absolute Gasteiger partial charge is 0.407 e. The number of aliphatic hydroxyl groups is 1. The Hall–Kier alpha value is -0.770. The van der Waals surface area contributed by atoms with Crippen molar-refractivity contribution in [3.05, 3.63) is 0 Å². The Morgan fingerprint density at radius 1 is 0.947 bits per heavy atom. The summed E-state index contributed by atoms with van der Waals surface area (Å²) in [6.07, 6.45) is 8.84. The summed E-state index contributed by atoms with van der Waals surface area (Å²) in [5.41, 5.74) is -0.418. The number of rotatable bonds is 10. The highest BCUT2D eigenvalue weighted by Gasteiger charge is 2.15. The number of alkyl carbamates (subject to hydrolysis) is 1. The largest absolute Gasteiger partial charge is 0.444 e. The third-order valence-electron chi connectivity index (χ3n) is 2.75. The fraction of sp³-hybridized carbons (Fsp3) is 0.933. The lowest BCUT2D eigenvalue weighted by atomic mass is 10.1. The molecule has 0 radical (unpaired) electrons. The molecule has 0 saturated heterocycles. The lowest BCUT2D eigenvalue weighted by Crippen LogP contribution is -2.32. The maximum atomic E-state index is 11.3. The van der Waals surface area contributed by atoms with E-state index in [1.165, 1.54) is 25.7 Å². The second kappa shape index (κ2) is 11.1. The summed E-state index contributed by atoms with van der Waals surface area (Å²) < 4.78 is 5.15. The number of hydrogen-bond donors (Lipinski definition) is 2. The van der Waals surface area contributed by atoms with E-state index in [1.807, 2.05) is 20.8 Å². The van der Waals surface area contributed by atoms with E-state index in [9.17, 15) is 4.79 Å². The van der Waals surface area contributed by atoms with E-state index in [0.717, 1.165) is 25.7 Å². The predicted molar refractivity (Wildman–Crippen MR) is 78.3 cm³/mol. The van der Waals surface area contributed by atoms with Gasteiger partial charge in [0.25, 0.3) is 0 Å². The van der Waals surface area contributed by atoms with Gasteiger partial charge in [0.05, 0.1) is 0 Å². The zero-order chi connectivity index (χ0) is 14.6. The fourth-order valence-electron chi connectivity index (χ4n) is 1.80. The maximum absolute atomic E-state index is 11.3. The molecule has 0 saturated carbocycles. The molecule has 4 nitrogen and oxygen atoms in total. The first-order chi connectivity index (χ1) is 8.95. The molecule has 0 aliphatic rings. The molecule has 114 valence electrons. The van der Waals surface area contributed by atoms with Crippen molar-refractivity contribution in [3.63, 3.8) is 0 Å². The van der Waals surface area contributed by atoms with Gasteiger partial charge in [-0.1, -0.05) is 38.5 Å². The van der Waals surface area contributed by atoms with E-state index in [0.29, 0.717) is 13.2 Å². The zero-order valence-corrected chi connectivity index (χ0v) is 12.8. The van der Waals surface area contributed by atoms with E-state index >= 15 is 0 Å². The van der Waals surface area contributed by atoms with Gasteiger partial charge in [0.15, 0.2) is 0 Å². The number of nitrogens with one attached hydrogen (secondary N) is 1. The number of unbranched alkanes of at least 4 members (excludes halogenated alkanes) is 7. The third-order valence-corrected chi connectivity index (χ3v) is 2.75. The molecule has 1 amide bonds. The summed E-state index contributed by atoms with van der Waals surface area (Å²) >= 11 is 0. The molecule has 0 spiro atoms. The first-order valence-corrected chi connectivity index (χ1v) is 7.53. The quantitative estimate of drug-likeness (QED) is 0.598. The van der Waals surface area contributed by atoms with Crippen LogP contribution < -0.4 is 5.32 Å². The van der Waals surface area contributed by atoms with Crippen LogP contribution in [0.25, 0.3) is 0 Å². The van der Waals surface area contributed by atoms with Gasteiger partial charge in [-0.25, -0.2) is 4.79 Å². The Labute approximate surface area is 117 Å². The van der Waals surface area contributed by atoms with Crippen LogP contribution in [0, 0.1) is 0 Å². The van der Waals surface area contributed by atoms with Gasteiger partial charge in [-0.2, -0.15) is 0 Å². The molecule has 0 fully saturated rings. The third kappa shape index (κ3) is 15.2. The lowest BCUT2D eigenvalue weighted by Gasteiger charge is -2.19. The average Bonchev–Trinajstić information content (AvgIpc) is 2.29. The van der Waals surface area contributed by atoms with Crippen LogP contribution in [0.5, 0.6) is 0 Å². The van der Waals surface area contributed by atoms with Crippen LogP contribution in [0.2, 0.25) is 0 Å². The standard InChI is InChI=1S/C15H31NO3/c1-15(2,3)19-14(18)16-12-10-8-6-4-5-7-9-11-13-17/h17H,4-13H2,1-3H3,(H,16,18). The molecule has 0 aromatic rings. The maximum Gasteiger partial charge on any atom is 0.407 e. The number of carbonyl (C=O) groups excluding carboxylic acids is 1. The van der Waals surface area contributed by atoms with Gasteiger partial charge >= 0.3 is 6.09 Å². The van der Waals surface area contributed by atoms with Crippen molar-refractivity contribution in [1.29, 1.82) is 0 Å². The molecule has 0 bridgehead atoms. The highest BCUT2D eigenvalue weighted by molar-refractivity contribution is 5.67. The molecule has 4 heteroatoms. The lowest BCUT2D eigenvalue weighted by molar-refractivity contribution is 0.0527. The minimum atomic E-state index is -0.418. The Kier molecular flexibility index (Phi) is 10.6. The molecule has 0 aliphatic heterocycles. The SMILES string of the molecule is CC(C)(C)OC(=O)NCCCCCCCCCCO. The van der Waals surface area contributed by atoms with Gasteiger partial charge in [-0.3, -0.25) is 0 Å². The molecule has 0 atom stereocenters. The molecule has 0 aromatic heterocycles. The first-order valence-electron chi connectivity index (χ1n) is 7.53. The summed E-state index contributed by atoms with van der Waals surface area (Å²) in [6.45, 7) is 6.60. The van der Waals surface area contributed by atoms with Crippen LogP contribution in [0.15, 0.2) is 0 Å². The summed E-state index contributed by atoms with van der Waals surface area (Å²) in [4.78, 5) is 11.3. The highest BCUT2D eigenvalue weighted by atomic mass is 16.6. The molecular formula is C15H31NO3. The van der Waals surface area contributed by atoms with Crippen LogP contribution in [-0.4, -0.2) is 30.0 Å². The molecule has 0 aromatic carbocycles. The molecule has 2 N–H and O–H groups in total. The van der Waals surface area contributed by atoms with Crippen LogP contribution in [0.1, 0.15) is 72.1 Å². The van der Waals surface area contributed by atoms with E-state index in [-0.39, 0.29) is 6.09 Å². The van der Waals surface area contributed by atoms with Crippen molar-refractivity contribution in [1.82, 2.24) is 5.32 Å². The van der Waals surface area contributed by atoms with E-state index in [2.05, 4.69) is 5.32 Å². The normalized spacial score (nSPS) is 11.4. The molecule has 0 rings (SSSR count). The number of ether oxygens (including phenoxy) is 1. The van der Waals surface area contributed by atoms with Crippen molar-refractivity contribution >= 4 is 6.09 Å². The summed E-state index contributed by atoms with van der Waals surface area (Å²) in [6, 6.07) is 0. The monoisotopic (exact) mass is 273 g/mol. The molecule has 19 heavy (non-hydrogen) atoms. The Balaban J connectivity index is 3.21. The minimum Gasteiger partial charge on any atom is -0.444 e. The van der Waals surface area contributed by atoms with E-state index < -0.39 is 5.60 Å². The molecule has 0 heterocycles. The topological polar surface area (TPSA) is 58.6 Å². The summed E-state index contributed by atoms with van der Waals surface area (Å²) in [5.74, 6) is 0. The Morgan fingerprint density at radius 3 is 1.89 bits per heavy atom. The van der Waals surface area contributed by atoms with E-state index in [4.69, 9.17) is 9.84 Å². The molecule has 0 unspecified atom stereocenters. The second-order valence-electron chi connectivity index (χ2n) is 5.98. The summed E-state index contributed by atoms with van der Waals surface area (Å²) in [5, 5.41) is 11.4. The molecular weight excluding hydrogens is 242 g/mol. The summed E-state index contributed by atoms with van der Waals surface area (Å²) in [7, 11) is 0. The van der Waals surface area contributed by atoms with Gasteiger partial charge in [-0.05, 0) is 33.6 Å². The van der Waals surface area contributed by atoms with Crippen molar-refractivity contribution in [2.24, 2.45) is 0 Å². The fourth-order valence-corrected chi connectivity index (χ4v) is 1.80. The van der Waals surface area contributed by atoms with Crippen LogP contribution >= 0.6 is 0 Å². The highest BCUT2D eigenvalue weighted by Crippen LogP contribution is 2.08. The first kappa shape index (κ1) is 18.2. The Bertz CT molecular complexity index is 224. The number of hydrogen-bond acceptors (Lipinski definition) is 3. The van der Waals surface area contributed by atoms with Gasteiger partial charge < -0.3 is 15.2 Å². The van der Waals surface area contributed by atoms with Gasteiger partial charge in [0.2, 0.25) is 0 Å². The average molecular weight is 273 g/mol. The van der Waals surface area contributed by atoms with Crippen molar-refractivity contribution in [2.75, 3.05) is 13.2 Å². The van der Waals surface area contributed by atoms with Crippen molar-refractivity contribution in [2.45, 2.75) is 77.7 Å². The van der Waals surface area contributed by atoms with Gasteiger partial charge in [-0.15, -0.1) is 0 Å². The number of amides is 1. The number of carbonyl (C=O) groups is 1. The van der Waals surface area contributed by atoms with Crippen molar-refractivity contribution < 1.29 is 14.6 Å². The zero-order valence-electron chi connectivity index (χ0n) is 12.8.